The van der Waals surface area contributed by atoms with Gasteiger partial charge in [0.05, 0.1) is 12.3 Å². The fourth-order valence-corrected chi connectivity index (χ4v) is 4.89. The lowest BCUT2D eigenvalue weighted by atomic mass is 9.95. The maximum atomic E-state index is 12.2. The number of nitrogens with one attached hydrogen (secondary N) is 2. The fraction of sp³-hybridized carbons (Fsp3) is 0.500. The predicted octanol–water partition coefficient (Wildman–Crippen LogP) is 4.01. The van der Waals surface area contributed by atoms with Gasteiger partial charge >= 0.3 is 0 Å². The smallest absolute Gasteiger partial charge is 0.243 e. The van der Waals surface area contributed by atoms with Gasteiger partial charge in [-0.15, -0.1) is 10.2 Å². The van der Waals surface area contributed by atoms with Gasteiger partial charge in [0.25, 0.3) is 0 Å². The molecule has 0 bridgehead atoms. The number of hydrogen-bond donors (Lipinski definition) is 2. The van der Waals surface area contributed by atoms with Crippen molar-refractivity contribution in [3.63, 3.8) is 0 Å². The SMILES string of the molecule is Cc1cc(Br)ccc1NC(=O)CNC(=O)CSc1nnc(C)n1C1CCCCC1. The van der Waals surface area contributed by atoms with Crippen LogP contribution in [0.5, 0.6) is 0 Å². The van der Waals surface area contributed by atoms with E-state index in [2.05, 4.69) is 41.3 Å². The van der Waals surface area contributed by atoms with Crippen molar-refractivity contribution in [2.75, 3.05) is 17.6 Å². The van der Waals surface area contributed by atoms with Crippen LogP contribution in [-0.2, 0) is 9.59 Å². The van der Waals surface area contributed by atoms with Crippen LogP contribution in [0.2, 0.25) is 0 Å². The van der Waals surface area contributed by atoms with Gasteiger partial charge in [-0.2, -0.15) is 0 Å². The third kappa shape index (κ3) is 6.05. The van der Waals surface area contributed by atoms with Gasteiger partial charge in [-0.3, -0.25) is 9.59 Å². The molecule has 156 valence electrons. The topological polar surface area (TPSA) is 88.9 Å². The molecule has 1 heterocycles. The number of carbonyl (C=O) groups excluding carboxylic acids is 2. The molecule has 1 aromatic heterocycles. The zero-order valence-electron chi connectivity index (χ0n) is 16.7. The first-order valence-corrected chi connectivity index (χ1v) is 11.6. The summed E-state index contributed by atoms with van der Waals surface area (Å²) < 4.78 is 3.12. The number of aromatic nitrogens is 3. The molecule has 0 atom stereocenters. The molecule has 2 aromatic rings. The van der Waals surface area contributed by atoms with E-state index in [1.54, 1.807) is 0 Å². The van der Waals surface area contributed by atoms with Crippen LogP contribution in [-0.4, -0.2) is 38.9 Å². The minimum atomic E-state index is -0.255. The average Bonchev–Trinajstić information content (AvgIpc) is 3.08. The Kier molecular flexibility index (Phi) is 7.71. The molecule has 7 nitrogen and oxygen atoms in total. The number of anilines is 1. The second kappa shape index (κ2) is 10.2. The minimum absolute atomic E-state index is 0.0662. The third-order valence-electron chi connectivity index (χ3n) is 5.02. The van der Waals surface area contributed by atoms with E-state index in [0.29, 0.717) is 6.04 Å². The number of aryl methyl sites for hydroxylation is 2. The number of thioether (sulfide) groups is 1. The Morgan fingerprint density at radius 1 is 1.17 bits per heavy atom. The first-order chi connectivity index (χ1) is 13.9. The highest BCUT2D eigenvalue weighted by Crippen LogP contribution is 2.32. The number of rotatable bonds is 7. The van der Waals surface area contributed by atoms with E-state index in [-0.39, 0.29) is 24.1 Å². The number of hydrogen-bond acceptors (Lipinski definition) is 5. The van der Waals surface area contributed by atoms with Crippen molar-refractivity contribution in [1.82, 2.24) is 20.1 Å². The predicted molar refractivity (Wildman–Crippen MR) is 118 cm³/mol. The largest absolute Gasteiger partial charge is 0.346 e. The second-order valence-corrected chi connectivity index (χ2v) is 9.12. The van der Waals surface area contributed by atoms with Gasteiger partial charge in [0.2, 0.25) is 11.8 Å². The number of nitrogens with zero attached hydrogens (tertiary/aromatic N) is 3. The van der Waals surface area contributed by atoms with Gasteiger partial charge in [-0.25, -0.2) is 0 Å². The highest BCUT2D eigenvalue weighted by atomic mass is 79.9. The van der Waals surface area contributed by atoms with Crippen LogP contribution >= 0.6 is 27.7 Å². The van der Waals surface area contributed by atoms with Crippen molar-refractivity contribution < 1.29 is 9.59 Å². The van der Waals surface area contributed by atoms with Crippen LogP contribution in [0.1, 0.15) is 49.5 Å². The summed E-state index contributed by atoms with van der Waals surface area (Å²) in [5.41, 5.74) is 1.69. The first-order valence-electron chi connectivity index (χ1n) is 9.81. The quantitative estimate of drug-likeness (QED) is 0.585. The van der Waals surface area contributed by atoms with Crippen molar-refractivity contribution in [2.24, 2.45) is 0 Å². The van der Waals surface area contributed by atoms with E-state index < -0.39 is 0 Å². The molecule has 1 aromatic carbocycles. The third-order valence-corrected chi connectivity index (χ3v) is 6.45. The molecule has 3 rings (SSSR count). The van der Waals surface area contributed by atoms with Gasteiger partial charge < -0.3 is 15.2 Å². The number of amides is 2. The summed E-state index contributed by atoms with van der Waals surface area (Å²) >= 11 is 4.77. The molecular weight excluding hydrogens is 454 g/mol. The van der Waals surface area contributed by atoms with Gasteiger partial charge in [0, 0.05) is 16.2 Å². The van der Waals surface area contributed by atoms with Crippen molar-refractivity contribution >= 4 is 45.2 Å². The molecule has 0 radical (unpaired) electrons. The molecule has 29 heavy (non-hydrogen) atoms. The van der Waals surface area contributed by atoms with Crippen molar-refractivity contribution in [2.45, 2.75) is 57.1 Å². The maximum absolute atomic E-state index is 12.2. The molecule has 2 N–H and O–H groups in total. The van der Waals surface area contributed by atoms with Crippen molar-refractivity contribution in [3.05, 3.63) is 34.1 Å². The van der Waals surface area contributed by atoms with Crippen LogP contribution in [0.25, 0.3) is 0 Å². The van der Waals surface area contributed by atoms with Crippen LogP contribution in [0.4, 0.5) is 5.69 Å². The van der Waals surface area contributed by atoms with Gasteiger partial charge in [0.15, 0.2) is 5.16 Å². The summed E-state index contributed by atoms with van der Waals surface area (Å²) in [6.07, 6.45) is 5.99. The van der Waals surface area contributed by atoms with Crippen LogP contribution < -0.4 is 10.6 Å². The monoisotopic (exact) mass is 479 g/mol. The lowest BCUT2D eigenvalue weighted by molar-refractivity contribution is -0.122. The van der Waals surface area contributed by atoms with E-state index in [1.807, 2.05) is 32.0 Å². The molecule has 0 unspecified atom stereocenters. The Morgan fingerprint density at radius 3 is 2.66 bits per heavy atom. The highest BCUT2D eigenvalue weighted by molar-refractivity contribution is 9.10. The summed E-state index contributed by atoms with van der Waals surface area (Å²) in [5, 5.41) is 14.7. The number of halogens is 1. The Morgan fingerprint density at radius 2 is 1.93 bits per heavy atom. The second-order valence-electron chi connectivity index (χ2n) is 7.26. The van der Waals surface area contributed by atoms with E-state index in [4.69, 9.17) is 0 Å². The maximum Gasteiger partial charge on any atom is 0.243 e. The van der Waals surface area contributed by atoms with Gasteiger partial charge in [-0.1, -0.05) is 47.0 Å². The van der Waals surface area contributed by atoms with E-state index in [9.17, 15) is 9.59 Å². The van der Waals surface area contributed by atoms with E-state index in [1.165, 1.54) is 31.0 Å². The van der Waals surface area contributed by atoms with Gasteiger partial charge in [0.1, 0.15) is 5.82 Å². The highest BCUT2D eigenvalue weighted by Gasteiger charge is 2.21. The minimum Gasteiger partial charge on any atom is -0.346 e. The number of benzene rings is 1. The summed E-state index contributed by atoms with van der Waals surface area (Å²) in [5.74, 6) is 0.641. The molecule has 1 aliphatic rings. The zero-order valence-corrected chi connectivity index (χ0v) is 19.1. The molecule has 1 saturated carbocycles. The first kappa shape index (κ1) is 21.8. The molecular formula is C20H26BrN5O2S. The summed E-state index contributed by atoms with van der Waals surface area (Å²) in [6, 6.07) is 6.04. The van der Waals surface area contributed by atoms with E-state index in [0.717, 1.165) is 39.5 Å². The molecule has 0 saturated heterocycles. The van der Waals surface area contributed by atoms with Crippen LogP contribution in [0.3, 0.4) is 0 Å². The molecule has 1 aliphatic carbocycles. The molecule has 9 heteroatoms. The Bertz CT molecular complexity index is 880. The van der Waals surface area contributed by atoms with Crippen molar-refractivity contribution in [3.8, 4) is 0 Å². The Hall–Kier alpha value is -1.87. The van der Waals surface area contributed by atoms with E-state index >= 15 is 0 Å². The summed E-state index contributed by atoms with van der Waals surface area (Å²) in [4.78, 5) is 24.3. The Balaban J connectivity index is 1.47. The van der Waals surface area contributed by atoms with Gasteiger partial charge in [-0.05, 0) is 50.5 Å². The standard InChI is InChI=1S/C20H26BrN5O2S/c1-13-10-15(21)8-9-17(13)23-18(27)11-22-19(28)12-29-20-25-24-14(2)26(20)16-6-4-3-5-7-16/h8-10,16H,3-7,11-12H2,1-2H3,(H,22,28)(H,23,27). The van der Waals surface area contributed by atoms with Crippen LogP contribution in [0.15, 0.2) is 27.8 Å². The number of carbonyl (C=O) groups is 2. The Labute approximate surface area is 183 Å². The molecule has 0 spiro atoms. The summed E-state index contributed by atoms with van der Waals surface area (Å²) in [6.45, 7) is 3.81. The lowest BCUT2D eigenvalue weighted by Crippen LogP contribution is -2.34. The fourth-order valence-electron chi connectivity index (χ4n) is 3.53. The van der Waals surface area contributed by atoms with Crippen molar-refractivity contribution in [1.29, 1.82) is 0 Å². The molecule has 0 aliphatic heterocycles. The normalized spacial score (nSPS) is 14.6. The molecule has 1 fully saturated rings. The average molecular weight is 480 g/mol. The molecule has 2 amide bonds. The van der Waals surface area contributed by atoms with Crippen LogP contribution in [0, 0.1) is 13.8 Å². The summed E-state index contributed by atoms with van der Waals surface area (Å²) in [7, 11) is 0. The lowest BCUT2D eigenvalue weighted by Gasteiger charge is -2.24. The zero-order chi connectivity index (χ0) is 20.8.